The van der Waals surface area contributed by atoms with E-state index in [-0.39, 0.29) is 11.6 Å². The minimum atomic E-state index is -0.572. The molecule has 20 heavy (non-hydrogen) atoms. The third-order valence-electron chi connectivity index (χ3n) is 2.61. The summed E-state index contributed by atoms with van der Waals surface area (Å²) in [7, 11) is 0. The van der Waals surface area contributed by atoms with Crippen LogP contribution in [0.3, 0.4) is 0 Å². The minimum absolute atomic E-state index is 0.0132. The van der Waals surface area contributed by atoms with Crippen LogP contribution in [0.2, 0.25) is 0 Å². The summed E-state index contributed by atoms with van der Waals surface area (Å²) in [4.78, 5) is 22.9. The summed E-state index contributed by atoms with van der Waals surface area (Å²) in [6.07, 6.45) is 1.41. The summed E-state index contributed by atoms with van der Waals surface area (Å²) in [5.74, 6) is -1.33. The largest absolute Gasteiger partial charge is 0.324 e. The predicted molar refractivity (Wildman–Crippen MR) is 72.0 cm³/mol. The summed E-state index contributed by atoms with van der Waals surface area (Å²) >= 11 is 0. The maximum atomic E-state index is 13.5. The molecular weight excluding hydrogens is 263 g/mol. The second kappa shape index (κ2) is 5.52. The molecule has 104 valence electrons. The van der Waals surface area contributed by atoms with Crippen LogP contribution in [0.5, 0.6) is 0 Å². The number of amides is 2. The smallest absolute Gasteiger partial charge is 0.259 e. The predicted octanol–water partition coefficient (Wildman–Crippen LogP) is 2.07. The molecule has 0 unspecified atom stereocenters. The SMILES string of the molecule is CC(=O)Nc1cc(NC(=O)c2cn[nH]c2C)ccc1F. The minimum Gasteiger partial charge on any atom is -0.324 e. The molecule has 1 aromatic heterocycles. The number of carbonyl (C=O) groups is 2. The van der Waals surface area contributed by atoms with Gasteiger partial charge in [0.25, 0.3) is 5.91 Å². The lowest BCUT2D eigenvalue weighted by atomic mass is 10.2. The number of anilines is 2. The van der Waals surface area contributed by atoms with Gasteiger partial charge in [-0.25, -0.2) is 4.39 Å². The average molecular weight is 276 g/mol. The van der Waals surface area contributed by atoms with Crippen LogP contribution in [0, 0.1) is 12.7 Å². The summed E-state index contributed by atoms with van der Waals surface area (Å²) in [5.41, 5.74) is 1.42. The number of H-pyrrole nitrogens is 1. The number of aromatic nitrogens is 2. The highest BCUT2D eigenvalue weighted by atomic mass is 19.1. The second-order valence-electron chi connectivity index (χ2n) is 4.24. The van der Waals surface area contributed by atoms with E-state index >= 15 is 0 Å². The van der Waals surface area contributed by atoms with E-state index in [1.54, 1.807) is 6.92 Å². The lowest BCUT2D eigenvalue weighted by Gasteiger charge is -2.08. The highest BCUT2D eigenvalue weighted by Crippen LogP contribution is 2.20. The number of rotatable bonds is 3. The molecule has 0 saturated heterocycles. The maximum absolute atomic E-state index is 13.5. The zero-order chi connectivity index (χ0) is 14.7. The van der Waals surface area contributed by atoms with Crippen LogP contribution < -0.4 is 10.6 Å². The zero-order valence-corrected chi connectivity index (χ0v) is 11.0. The van der Waals surface area contributed by atoms with Crippen molar-refractivity contribution in [1.29, 1.82) is 0 Å². The third kappa shape index (κ3) is 3.00. The number of benzene rings is 1. The van der Waals surface area contributed by atoms with Crippen molar-refractivity contribution in [3.63, 3.8) is 0 Å². The summed E-state index contributed by atoms with van der Waals surface area (Å²) in [6.45, 7) is 2.99. The zero-order valence-electron chi connectivity index (χ0n) is 11.0. The standard InChI is InChI=1S/C13H13FN4O2/c1-7-10(6-15-18-7)13(20)17-9-3-4-11(14)12(5-9)16-8(2)19/h3-6H,1-2H3,(H,15,18)(H,16,19)(H,17,20). The van der Waals surface area contributed by atoms with E-state index in [1.807, 2.05) is 0 Å². The molecule has 2 amide bonds. The second-order valence-corrected chi connectivity index (χ2v) is 4.24. The fourth-order valence-corrected chi connectivity index (χ4v) is 1.67. The van der Waals surface area contributed by atoms with Gasteiger partial charge in [0.1, 0.15) is 5.82 Å². The number of aryl methyl sites for hydroxylation is 1. The van der Waals surface area contributed by atoms with Crippen LogP contribution in [0.15, 0.2) is 24.4 Å². The van der Waals surface area contributed by atoms with E-state index in [0.717, 1.165) is 0 Å². The molecule has 0 atom stereocenters. The van der Waals surface area contributed by atoms with Gasteiger partial charge in [-0.3, -0.25) is 14.7 Å². The Morgan fingerprint density at radius 3 is 2.65 bits per heavy atom. The van der Waals surface area contributed by atoms with Crippen molar-refractivity contribution in [2.75, 3.05) is 10.6 Å². The fraction of sp³-hybridized carbons (Fsp3) is 0.154. The first-order valence-electron chi connectivity index (χ1n) is 5.86. The number of nitrogens with one attached hydrogen (secondary N) is 3. The number of hydrogen-bond acceptors (Lipinski definition) is 3. The van der Waals surface area contributed by atoms with E-state index < -0.39 is 11.7 Å². The van der Waals surface area contributed by atoms with Crippen LogP contribution in [-0.2, 0) is 4.79 Å². The molecule has 2 rings (SSSR count). The van der Waals surface area contributed by atoms with Crippen molar-refractivity contribution >= 4 is 23.2 Å². The normalized spacial score (nSPS) is 10.2. The summed E-state index contributed by atoms with van der Waals surface area (Å²) in [6, 6.07) is 3.93. The molecule has 0 aliphatic carbocycles. The van der Waals surface area contributed by atoms with Crippen LogP contribution in [-0.4, -0.2) is 22.0 Å². The molecule has 6 nitrogen and oxygen atoms in total. The van der Waals surface area contributed by atoms with Gasteiger partial charge in [0, 0.05) is 18.3 Å². The van der Waals surface area contributed by atoms with Crippen molar-refractivity contribution in [2.45, 2.75) is 13.8 Å². The average Bonchev–Trinajstić information content (AvgIpc) is 2.79. The van der Waals surface area contributed by atoms with Crippen LogP contribution in [0.1, 0.15) is 23.0 Å². The van der Waals surface area contributed by atoms with E-state index in [0.29, 0.717) is 16.9 Å². The molecule has 0 fully saturated rings. The monoisotopic (exact) mass is 276 g/mol. The topological polar surface area (TPSA) is 86.9 Å². The van der Waals surface area contributed by atoms with Gasteiger partial charge in [-0.05, 0) is 25.1 Å². The number of carbonyl (C=O) groups excluding carboxylic acids is 2. The Morgan fingerprint density at radius 2 is 2.05 bits per heavy atom. The van der Waals surface area contributed by atoms with Gasteiger partial charge in [-0.2, -0.15) is 5.10 Å². The molecule has 2 aromatic rings. The van der Waals surface area contributed by atoms with Gasteiger partial charge < -0.3 is 10.6 Å². The van der Waals surface area contributed by atoms with Gasteiger partial charge in [0.2, 0.25) is 5.91 Å². The van der Waals surface area contributed by atoms with E-state index in [9.17, 15) is 14.0 Å². The Kier molecular flexibility index (Phi) is 3.79. The number of nitrogens with zero attached hydrogens (tertiary/aromatic N) is 1. The molecule has 0 radical (unpaired) electrons. The number of hydrogen-bond donors (Lipinski definition) is 3. The molecule has 3 N–H and O–H groups in total. The first-order valence-corrected chi connectivity index (χ1v) is 5.86. The van der Waals surface area contributed by atoms with Crippen molar-refractivity contribution < 1.29 is 14.0 Å². The number of aromatic amines is 1. The molecule has 0 spiro atoms. The van der Waals surface area contributed by atoms with Crippen molar-refractivity contribution in [1.82, 2.24) is 10.2 Å². The quantitative estimate of drug-likeness (QED) is 0.802. The highest BCUT2D eigenvalue weighted by molar-refractivity contribution is 6.05. The molecule has 0 bridgehead atoms. The van der Waals surface area contributed by atoms with Crippen molar-refractivity contribution in [2.24, 2.45) is 0 Å². The first kappa shape index (κ1) is 13.7. The van der Waals surface area contributed by atoms with Gasteiger partial charge >= 0.3 is 0 Å². The molecule has 0 aliphatic heterocycles. The molecule has 0 aliphatic rings. The third-order valence-corrected chi connectivity index (χ3v) is 2.61. The fourth-order valence-electron chi connectivity index (χ4n) is 1.67. The van der Waals surface area contributed by atoms with Crippen LogP contribution >= 0.6 is 0 Å². The Bertz CT molecular complexity index is 666. The van der Waals surface area contributed by atoms with Crippen LogP contribution in [0.25, 0.3) is 0 Å². The molecular formula is C13H13FN4O2. The lowest BCUT2D eigenvalue weighted by Crippen LogP contribution is -2.13. The van der Waals surface area contributed by atoms with Gasteiger partial charge in [0.05, 0.1) is 17.4 Å². The Labute approximate surface area is 114 Å². The Hall–Kier alpha value is -2.70. The van der Waals surface area contributed by atoms with E-state index in [4.69, 9.17) is 0 Å². The van der Waals surface area contributed by atoms with Gasteiger partial charge in [0.15, 0.2) is 0 Å². The van der Waals surface area contributed by atoms with E-state index in [1.165, 1.54) is 31.3 Å². The maximum Gasteiger partial charge on any atom is 0.259 e. The van der Waals surface area contributed by atoms with E-state index in [2.05, 4.69) is 20.8 Å². The van der Waals surface area contributed by atoms with Crippen molar-refractivity contribution in [3.05, 3.63) is 41.5 Å². The molecule has 7 heteroatoms. The molecule has 1 aromatic carbocycles. The Morgan fingerprint density at radius 1 is 1.30 bits per heavy atom. The number of halogens is 1. The molecule has 1 heterocycles. The lowest BCUT2D eigenvalue weighted by molar-refractivity contribution is -0.114. The van der Waals surface area contributed by atoms with Crippen molar-refractivity contribution in [3.8, 4) is 0 Å². The first-order chi connectivity index (χ1) is 9.47. The van der Waals surface area contributed by atoms with Crippen LogP contribution in [0.4, 0.5) is 15.8 Å². The summed E-state index contributed by atoms with van der Waals surface area (Å²) < 4.78 is 13.5. The molecule has 0 saturated carbocycles. The Balaban J connectivity index is 2.20. The highest BCUT2D eigenvalue weighted by Gasteiger charge is 2.12. The van der Waals surface area contributed by atoms with Gasteiger partial charge in [-0.15, -0.1) is 0 Å². The van der Waals surface area contributed by atoms with Gasteiger partial charge in [-0.1, -0.05) is 0 Å². The summed E-state index contributed by atoms with van der Waals surface area (Å²) in [5, 5.41) is 11.4.